The highest BCUT2D eigenvalue weighted by atomic mass is 19.4. The lowest BCUT2D eigenvalue weighted by atomic mass is 10.1. The molecule has 2 aromatic carbocycles. The Morgan fingerprint density at radius 2 is 1.61 bits per heavy atom. The van der Waals surface area contributed by atoms with Crippen LogP contribution in [0.25, 0.3) is 22.3 Å². The highest BCUT2D eigenvalue weighted by Gasteiger charge is 2.38. The van der Waals surface area contributed by atoms with Crippen molar-refractivity contribution in [2.75, 3.05) is 10.6 Å². The van der Waals surface area contributed by atoms with Crippen LogP contribution < -0.4 is 16.0 Å². The SMILES string of the molecule is CC(C)NC(=O)c1cccc(NC(=O)Nc2ccc(-c3ccnc4nc[nH]c34)cc2)c1.O=C(O)C(F)(F)F. The van der Waals surface area contributed by atoms with Crippen molar-refractivity contribution >= 4 is 40.4 Å². The zero-order valence-electron chi connectivity index (χ0n) is 20.1. The van der Waals surface area contributed by atoms with Gasteiger partial charge < -0.3 is 26.0 Å². The Balaban J connectivity index is 0.000000505. The number of amides is 3. The topological polar surface area (TPSA) is 149 Å². The first-order chi connectivity index (χ1) is 17.9. The van der Waals surface area contributed by atoms with Gasteiger partial charge >= 0.3 is 18.2 Å². The van der Waals surface area contributed by atoms with Gasteiger partial charge in [0.25, 0.3) is 5.91 Å². The fraction of sp³-hybridized carbons (Fsp3) is 0.160. The molecule has 0 saturated heterocycles. The van der Waals surface area contributed by atoms with Crippen LogP contribution in [0.3, 0.4) is 0 Å². The molecule has 10 nitrogen and oxygen atoms in total. The van der Waals surface area contributed by atoms with Crippen LogP contribution in [0.4, 0.5) is 29.3 Å². The Labute approximate surface area is 214 Å². The molecule has 2 aromatic heterocycles. The predicted octanol–water partition coefficient (Wildman–Crippen LogP) is 5.04. The van der Waals surface area contributed by atoms with E-state index in [-0.39, 0.29) is 11.9 Å². The number of pyridine rings is 1. The summed E-state index contributed by atoms with van der Waals surface area (Å²) in [6.07, 6.45) is -1.75. The first kappa shape index (κ1) is 27.6. The molecule has 0 bridgehead atoms. The number of nitrogens with zero attached hydrogens (tertiary/aromatic N) is 2. The van der Waals surface area contributed by atoms with E-state index in [9.17, 15) is 22.8 Å². The summed E-state index contributed by atoms with van der Waals surface area (Å²) in [5, 5.41) is 15.5. The summed E-state index contributed by atoms with van der Waals surface area (Å²) in [6.45, 7) is 3.79. The first-order valence-corrected chi connectivity index (χ1v) is 11.1. The summed E-state index contributed by atoms with van der Waals surface area (Å²) < 4.78 is 31.7. The van der Waals surface area contributed by atoms with E-state index in [4.69, 9.17) is 9.90 Å². The van der Waals surface area contributed by atoms with Crippen molar-refractivity contribution in [2.45, 2.75) is 26.1 Å². The number of carboxylic acid groups (broad SMARTS) is 1. The number of aliphatic carboxylic acids is 1. The van der Waals surface area contributed by atoms with Crippen LogP contribution in [-0.2, 0) is 4.79 Å². The number of carbonyl (C=O) groups excluding carboxylic acids is 2. The molecule has 13 heteroatoms. The van der Waals surface area contributed by atoms with Gasteiger partial charge in [-0.3, -0.25) is 4.79 Å². The van der Waals surface area contributed by atoms with Gasteiger partial charge in [0.15, 0.2) is 5.65 Å². The Kier molecular flexibility index (Phi) is 8.63. The molecule has 3 amide bonds. The standard InChI is InChI=1S/C23H22N6O2.C2HF3O2/c1-14(2)27-22(30)16-4-3-5-18(12-16)29-23(31)28-17-8-6-15(7-9-17)19-10-11-24-21-20(19)25-13-26-21;3-2(4,5)1(6)7/h3-14H,1-2H3,(H,27,30)(H,24,25,26)(H2,28,29,31);(H,6,7). The number of carboxylic acids is 1. The molecule has 0 spiro atoms. The van der Waals surface area contributed by atoms with Crippen molar-refractivity contribution in [2.24, 2.45) is 0 Å². The maximum absolute atomic E-state index is 12.4. The van der Waals surface area contributed by atoms with Gasteiger partial charge in [-0.15, -0.1) is 0 Å². The lowest BCUT2D eigenvalue weighted by Crippen LogP contribution is -2.30. The molecule has 5 N–H and O–H groups in total. The molecule has 4 rings (SSSR count). The number of benzene rings is 2. The van der Waals surface area contributed by atoms with E-state index in [0.717, 1.165) is 16.6 Å². The zero-order chi connectivity index (χ0) is 27.9. The summed E-state index contributed by atoms with van der Waals surface area (Å²) >= 11 is 0. The zero-order valence-corrected chi connectivity index (χ0v) is 20.1. The van der Waals surface area contributed by atoms with E-state index < -0.39 is 18.2 Å². The number of H-pyrrole nitrogens is 1. The number of halogens is 3. The lowest BCUT2D eigenvalue weighted by Gasteiger charge is -2.11. The Morgan fingerprint density at radius 1 is 0.947 bits per heavy atom. The number of aromatic amines is 1. The molecule has 0 aliphatic carbocycles. The molecular formula is C25H23F3N6O4. The summed E-state index contributed by atoms with van der Waals surface area (Å²) in [5.41, 5.74) is 5.14. The summed E-state index contributed by atoms with van der Waals surface area (Å²) in [4.78, 5) is 44.9. The minimum atomic E-state index is -5.08. The lowest BCUT2D eigenvalue weighted by molar-refractivity contribution is -0.192. The van der Waals surface area contributed by atoms with Gasteiger partial charge in [-0.2, -0.15) is 13.2 Å². The Bertz CT molecular complexity index is 1440. The molecular weight excluding hydrogens is 505 g/mol. The van der Waals surface area contributed by atoms with Gasteiger partial charge in [-0.1, -0.05) is 18.2 Å². The highest BCUT2D eigenvalue weighted by molar-refractivity contribution is 6.01. The van der Waals surface area contributed by atoms with E-state index >= 15 is 0 Å². The second-order valence-electron chi connectivity index (χ2n) is 8.13. The number of anilines is 2. The van der Waals surface area contributed by atoms with Crippen LogP contribution in [0.5, 0.6) is 0 Å². The molecule has 38 heavy (non-hydrogen) atoms. The van der Waals surface area contributed by atoms with Crippen LogP contribution in [0.1, 0.15) is 24.2 Å². The molecule has 0 unspecified atom stereocenters. The average Bonchev–Trinajstić information content (AvgIpc) is 3.33. The van der Waals surface area contributed by atoms with Crippen LogP contribution >= 0.6 is 0 Å². The quantitative estimate of drug-likeness (QED) is 0.245. The maximum atomic E-state index is 12.4. The molecule has 0 aliphatic heterocycles. The monoisotopic (exact) mass is 528 g/mol. The average molecular weight is 528 g/mol. The molecule has 198 valence electrons. The summed E-state index contributed by atoms with van der Waals surface area (Å²) in [5.74, 6) is -2.94. The smallest absolute Gasteiger partial charge is 0.475 e. The number of fused-ring (bicyclic) bond motifs is 1. The summed E-state index contributed by atoms with van der Waals surface area (Å²) in [7, 11) is 0. The fourth-order valence-corrected chi connectivity index (χ4v) is 3.20. The van der Waals surface area contributed by atoms with Crippen LogP contribution in [0.15, 0.2) is 67.1 Å². The second kappa shape index (κ2) is 11.9. The third-order valence-electron chi connectivity index (χ3n) is 4.83. The van der Waals surface area contributed by atoms with Crippen LogP contribution in [0, 0.1) is 0 Å². The third-order valence-corrected chi connectivity index (χ3v) is 4.83. The van der Waals surface area contributed by atoms with Crippen molar-refractivity contribution in [3.63, 3.8) is 0 Å². The molecule has 2 heterocycles. The molecule has 0 fully saturated rings. The molecule has 4 aromatic rings. The number of imidazole rings is 1. The molecule has 0 radical (unpaired) electrons. The van der Waals surface area contributed by atoms with Crippen molar-refractivity contribution in [3.05, 3.63) is 72.7 Å². The molecule has 0 saturated carbocycles. The van der Waals surface area contributed by atoms with Crippen LogP contribution in [-0.4, -0.2) is 50.2 Å². The second-order valence-corrected chi connectivity index (χ2v) is 8.13. The van der Waals surface area contributed by atoms with E-state index in [2.05, 4.69) is 30.9 Å². The number of rotatable bonds is 5. The molecule has 0 atom stereocenters. The fourth-order valence-electron chi connectivity index (χ4n) is 3.20. The number of aromatic nitrogens is 3. The van der Waals surface area contributed by atoms with Gasteiger partial charge in [-0.25, -0.2) is 19.6 Å². The third kappa shape index (κ3) is 7.53. The first-order valence-electron chi connectivity index (χ1n) is 11.1. The number of carbonyl (C=O) groups is 3. The number of hydrogen-bond donors (Lipinski definition) is 5. The predicted molar refractivity (Wildman–Crippen MR) is 135 cm³/mol. The van der Waals surface area contributed by atoms with Gasteiger partial charge in [-0.05, 0) is 55.8 Å². The minimum absolute atomic E-state index is 0.0342. The van der Waals surface area contributed by atoms with Crippen molar-refractivity contribution in [1.29, 1.82) is 0 Å². The number of alkyl halides is 3. The largest absolute Gasteiger partial charge is 0.490 e. The Morgan fingerprint density at radius 3 is 2.24 bits per heavy atom. The summed E-state index contributed by atoms with van der Waals surface area (Å²) in [6, 6.07) is 15.8. The number of urea groups is 1. The van der Waals surface area contributed by atoms with E-state index in [1.54, 1.807) is 36.8 Å². The van der Waals surface area contributed by atoms with E-state index in [0.29, 0.717) is 22.6 Å². The van der Waals surface area contributed by atoms with Gasteiger partial charge in [0.05, 0.1) is 11.8 Å². The van der Waals surface area contributed by atoms with E-state index in [1.807, 2.05) is 44.2 Å². The Hall–Kier alpha value is -4.94. The molecule has 0 aliphatic rings. The van der Waals surface area contributed by atoms with Crippen molar-refractivity contribution in [1.82, 2.24) is 20.3 Å². The van der Waals surface area contributed by atoms with Gasteiger partial charge in [0, 0.05) is 34.7 Å². The van der Waals surface area contributed by atoms with Crippen molar-refractivity contribution < 1.29 is 32.7 Å². The number of hydrogen-bond acceptors (Lipinski definition) is 5. The normalized spacial score (nSPS) is 10.9. The van der Waals surface area contributed by atoms with Gasteiger partial charge in [0.1, 0.15) is 0 Å². The van der Waals surface area contributed by atoms with Crippen molar-refractivity contribution in [3.8, 4) is 11.1 Å². The van der Waals surface area contributed by atoms with Gasteiger partial charge in [0.2, 0.25) is 0 Å². The number of nitrogens with one attached hydrogen (secondary N) is 4. The minimum Gasteiger partial charge on any atom is -0.475 e. The van der Waals surface area contributed by atoms with Crippen LogP contribution in [0.2, 0.25) is 0 Å². The highest BCUT2D eigenvalue weighted by Crippen LogP contribution is 2.26. The van der Waals surface area contributed by atoms with E-state index in [1.165, 1.54) is 0 Å². The maximum Gasteiger partial charge on any atom is 0.490 e.